The number of rotatable bonds is 6. The number of carbonyl (C=O) groups excluding carboxylic acids is 1. The van der Waals surface area contributed by atoms with Crippen LogP contribution < -0.4 is 24.2 Å². The number of benzene rings is 3. The molecule has 0 saturated carbocycles. The topological polar surface area (TPSA) is 103 Å². The van der Waals surface area contributed by atoms with Gasteiger partial charge in [0.05, 0.1) is 30.9 Å². The van der Waals surface area contributed by atoms with Gasteiger partial charge in [-0.05, 0) is 55.0 Å². The third kappa shape index (κ3) is 5.04. The molecule has 8 nitrogen and oxygen atoms in total. The molecule has 0 spiro atoms. The van der Waals surface area contributed by atoms with E-state index in [9.17, 15) is 13.2 Å². The Hall–Kier alpha value is -3.72. The van der Waals surface area contributed by atoms with Crippen LogP contribution >= 0.6 is 0 Å². The number of carbonyl (C=O) groups is 1. The Morgan fingerprint density at radius 1 is 0.970 bits per heavy atom. The Balaban J connectivity index is 1.57. The number of fused-ring (bicyclic) bond motifs is 1. The van der Waals surface area contributed by atoms with Crippen molar-refractivity contribution in [1.29, 1.82) is 0 Å². The SMILES string of the molecule is COc1ccccc1NS(=O)(=O)c1cc(NC(=O)c2ccc3c(c2)OCCCO3)ccc1C. The van der Waals surface area contributed by atoms with Crippen LogP contribution in [0.3, 0.4) is 0 Å². The molecule has 2 N–H and O–H groups in total. The summed E-state index contributed by atoms with van der Waals surface area (Å²) in [6.07, 6.45) is 0.764. The number of hydrogen-bond acceptors (Lipinski definition) is 6. The van der Waals surface area contributed by atoms with E-state index >= 15 is 0 Å². The van der Waals surface area contributed by atoms with Crippen molar-refractivity contribution in [1.82, 2.24) is 0 Å². The van der Waals surface area contributed by atoms with Crippen LogP contribution in [0.25, 0.3) is 0 Å². The highest BCUT2D eigenvalue weighted by atomic mass is 32.2. The fourth-order valence-electron chi connectivity index (χ4n) is 3.40. The van der Waals surface area contributed by atoms with E-state index in [1.807, 2.05) is 0 Å². The monoisotopic (exact) mass is 468 g/mol. The van der Waals surface area contributed by atoms with Crippen LogP contribution in [-0.4, -0.2) is 34.6 Å². The molecule has 1 amide bonds. The molecule has 9 heteroatoms. The molecule has 3 aromatic rings. The minimum Gasteiger partial charge on any atom is -0.495 e. The second-order valence-electron chi connectivity index (χ2n) is 7.45. The first-order valence-corrected chi connectivity index (χ1v) is 11.8. The first-order chi connectivity index (χ1) is 15.9. The van der Waals surface area contributed by atoms with Gasteiger partial charge in [-0.15, -0.1) is 0 Å². The molecule has 0 unspecified atom stereocenters. The van der Waals surface area contributed by atoms with Crippen molar-refractivity contribution in [2.24, 2.45) is 0 Å². The van der Waals surface area contributed by atoms with Gasteiger partial charge in [0.1, 0.15) is 5.75 Å². The van der Waals surface area contributed by atoms with E-state index < -0.39 is 15.9 Å². The zero-order valence-electron chi connectivity index (χ0n) is 18.3. The van der Waals surface area contributed by atoms with Crippen LogP contribution in [0, 0.1) is 6.92 Å². The van der Waals surface area contributed by atoms with E-state index in [0.29, 0.717) is 53.0 Å². The van der Waals surface area contributed by atoms with Crippen molar-refractivity contribution in [3.05, 3.63) is 71.8 Å². The highest BCUT2D eigenvalue weighted by molar-refractivity contribution is 7.92. The van der Waals surface area contributed by atoms with Gasteiger partial charge in [0, 0.05) is 17.7 Å². The van der Waals surface area contributed by atoms with Gasteiger partial charge in [-0.25, -0.2) is 8.42 Å². The molecular weight excluding hydrogens is 444 g/mol. The second-order valence-corrected chi connectivity index (χ2v) is 9.10. The first-order valence-electron chi connectivity index (χ1n) is 10.3. The number of anilines is 2. The zero-order chi connectivity index (χ0) is 23.4. The molecule has 1 aliphatic rings. The van der Waals surface area contributed by atoms with Crippen LogP contribution in [0.15, 0.2) is 65.6 Å². The standard InChI is InChI=1S/C24H24N2O6S/c1-16-8-10-18(15-23(16)33(28,29)26-19-6-3-4-7-20(19)30-2)25-24(27)17-9-11-21-22(14-17)32-13-5-12-31-21/h3-4,6-11,14-15,26H,5,12-13H2,1-2H3,(H,25,27). The van der Waals surface area contributed by atoms with Gasteiger partial charge in [0.2, 0.25) is 0 Å². The maximum Gasteiger partial charge on any atom is 0.262 e. The molecule has 3 aromatic carbocycles. The Kier molecular flexibility index (Phi) is 6.41. The average Bonchev–Trinajstić information content (AvgIpc) is 3.05. The molecule has 0 saturated heterocycles. The molecule has 4 rings (SSSR count). The van der Waals surface area contributed by atoms with E-state index in [1.165, 1.54) is 13.2 Å². The molecule has 172 valence electrons. The minimum atomic E-state index is -3.93. The van der Waals surface area contributed by atoms with Crippen molar-refractivity contribution in [3.63, 3.8) is 0 Å². The van der Waals surface area contributed by atoms with Crippen molar-refractivity contribution in [2.45, 2.75) is 18.2 Å². The lowest BCUT2D eigenvalue weighted by Crippen LogP contribution is -2.16. The third-order valence-corrected chi connectivity index (χ3v) is 6.60. The highest BCUT2D eigenvalue weighted by Gasteiger charge is 2.20. The Bertz CT molecular complexity index is 1290. The lowest BCUT2D eigenvalue weighted by molar-refractivity contribution is 0.102. The van der Waals surface area contributed by atoms with Crippen molar-refractivity contribution in [2.75, 3.05) is 30.4 Å². The van der Waals surface area contributed by atoms with E-state index in [1.54, 1.807) is 61.5 Å². The van der Waals surface area contributed by atoms with Gasteiger partial charge in [0.25, 0.3) is 15.9 Å². The predicted octanol–water partition coefficient (Wildman–Crippen LogP) is 4.22. The van der Waals surface area contributed by atoms with Crippen molar-refractivity contribution < 1.29 is 27.4 Å². The molecule has 0 atom stereocenters. The molecule has 1 heterocycles. The quantitative estimate of drug-likeness (QED) is 0.562. The summed E-state index contributed by atoms with van der Waals surface area (Å²) in [7, 11) is -2.47. The van der Waals surface area contributed by atoms with Crippen molar-refractivity contribution >= 4 is 27.3 Å². The van der Waals surface area contributed by atoms with E-state index in [4.69, 9.17) is 14.2 Å². The lowest BCUT2D eigenvalue weighted by Gasteiger charge is -2.15. The van der Waals surface area contributed by atoms with Gasteiger partial charge < -0.3 is 19.5 Å². The minimum absolute atomic E-state index is 0.0462. The number of aryl methyl sites for hydroxylation is 1. The second kappa shape index (κ2) is 9.41. The van der Waals surface area contributed by atoms with Crippen LogP contribution in [0.5, 0.6) is 17.2 Å². The van der Waals surface area contributed by atoms with Gasteiger partial charge >= 0.3 is 0 Å². The van der Waals surface area contributed by atoms with Gasteiger partial charge in [0.15, 0.2) is 11.5 Å². The van der Waals surface area contributed by atoms with Gasteiger partial charge in [-0.3, -0.25) is 9.52 Å². The number of nitrogens with one attached hydrogen (secondary N) is 2. The summed E-state index contributed by atoms with van der Waals surface area (Å²) in [5.74, 6) is 1.11. The Morgan fingerprint density at radius 2 is 1.73 bits per heavy atom. The van der Waals surface area contributed by atoms with Crippen LogP contribution in [0.2, 0.25) is 0 Å². The van der Waals surface area contributed by atoms with E-state index in [2.05, 4.69) is 10.0 Å². The highest BCUT2D eigenvalue weighted by Crippen LogP contribution is 2.31. The van der Waals surface area contributed by atoms with Crippen molar-refractivity contribution in [3.8, 4) is 17.2 Å². The van der Waals surface area contributed by atoms with E-state index in [0.717, 1.165) is 6.42 Å². The summed E-state index contributed by atoms with van der Waals surface area (Å²) >= 11 is 0. The molecular formula is C24H24N2O6S. The third-order valence-electron chi connectivity index (χ3n) is 5.10. The number of methoxy groups -OCH3 is 1. The molecule has 0 radical (unpaired) electrons. The average molecular weight is 469 g/mol. The molecule has 33 heavy (non-hydrogen) atoms. The van der Waals surface area contributed by atoms with Gasteiger partial charge in [-0.2, -0.15) is 0 Å². The smallest absolute Gasteiger partial charge is 0.262 e. The Morgan fingerprint density at radius 3 is 2.52 bits per heavy atom. The fraction of sp³-hybridized carbons (Fsp3) is 0.208. The van der Waals surface area contributed by atoms with Crippen LogP contribution in [0.1, 0.15) is 22.3 Å². The molecule has 1 aliphatic heterocycles. The number of sulfonamides is 1. The molecule has 0 aliphatic carbocycles. The molecule has 0 fully saturated rings. The lowest BCUT2D eigenvalue weighted by atomic mass is 10.1. The number of hydrogen-bond donors (Lipinski definition) is 2. The zero-order valence-corrected chi connectivity index (χ0v) is 19.1. The number of amides is 1. The number of ether oxygens (including phenoxy) is 3. The van der Waals surface area contributed by atoms with E-state index in [-0.39, 0.29) is 4.90 Å². The van der Waals surface area contributed by atoms with Crippen LogP contribution in [-0.2, 0) is 10.0 Å². The maximum atomic E-state index is 13.1. The summed E-state index contributed by atoms with van der Waals surface area (Å²) in [6.45, 7) is 2.75. The summed E-state index contributed by atoms with van der Waals surface area (Å²) in [5.41, 5.74) is 1.57. The predicted molar refractivity (Wildman–Crippen MR) is 125 cm³/mol. The van der Waals surface area contributed by atoms with Gasteiger partial charge in [-0.1, -0.05) is 18.2 Å². The first kappa shape index (κ1) is 22.5. The normalized spacial score (nSPS) is 13.0. The summed E-state index contributed by atoms with van der Waals surface area (Å²) < 4.78 is 45.2. The molecule has 0 aromatic heterocycles. The fourth-order valence-corrected chi connectivity index (χ4v) is 4.75. The summed E-state index contributed by atoms with van der Waals surface area (Å²) in [4.78, 5) is 12.9. The summed E-state index contributed by atoms with van der Waals surface area (Å²) in [5, 5.41) is 2.75. The van der Waals surface area contributed by atoms with Crippen LogP contribution in [0.4, 0.5) is 11.4 Å². The maximum absolute atomic E-state index is 13.1. The summed E-state index contributed by atoms with van der Waals surface area (Å²) in [6, 6.07) is 16.4. The number of para-hydroxylation sites is 2. The molecule has 0 bridgehead atoms. The Labute approximate surface area is 192 Å². The largest absolute Gasteiger partial charge is 0.495 e.